The molecule has 40 heavy (non-hydrogen) atoms. The maximum Gasteiger partial charge on any atom is 0.147 e. The normalized spacial score (nSPS) is 11.5. The van der Waals surface area contributed by atoms with Crippen LogP contribution >= 0.6 is 0 Å². The Balaban J connectivity index is 1.43. The molecule has 186 valence electrons. The van der Waals surface area contributed by atoms with Crippen LogP contribution in [-0.2, 0) is 0 Å². The van der Waals surface area contributed by atoms with Crippen LogP contribution < -0.4 is 0 Å². The maximum atomic E-state index is 10.3. The molecular weight excluding hydrogens is 490 g/mol. The lowest BCUT2D eigenvalue weighted by Gasteiger charge is -2.16. The molecule has 0 radical (unpaired) electrons. The van der Waals surface area contributed by atoms with Crippen molar-refractivity contribution >= 4 is 43.9 Å². The number of aromatic nitrogens is 4. The fraction of sp³-hybridized carbons (Fsp3) is 0. The zero-order valence-corrected chi connectivity index (χ0v) is 21.4. The maximum absolute atomic E-state index is 10.3. The second-order valence-corrected chi connectivity index (χ2v) is 9.81. The van der Waals surface area contributed by atoms with Crippen LogP contribution in [0.25, 0.3) is 66.4 Å². The SMILES string of the molecule is N#Cc1cccc(-n2c3cccnc3c3cccnc32)c1-c1cccc(-n2c3ccccc3c3ccccc32)c1. The fourth-order valence-corrected chi connectivity index (χ4v) is 6.03. The van der Waals surface area contributed by atoms with Crippen molar-refractivity contribution in [2.75, 3.05) is 0 Å². The van der Waals surface area contributed by atoms with E-state index in [2.05, 4.69) is 105 Å². The molecule has 8 aromatic rings. The van der Waals surface area contributed by atoms with Gasteiger partial charge in [-0.1, -0.05) is 54.6 Å². The van der Waals surface area contributed by atoms with Gasteiger partial charge < -0.3 is 4.57 Å². The topological polar surface area (TPSA) is 59.4 Å². The summed E-state index contributed by atoms with van der Waals surface area (Å²) >= 11 is 0. The van der Waals surface area contributed by atoms with Gasteiger partial charge in [0.2, 0.25) is 0 Å². The van der Waals surface area contributed by atoms with Crippen molar-refractivity contribution < 1.29 is 0 Å². The number of fused-ring (bicyclic) bond motifs is 6. The summed E-state index contributed by atoms with van der Waals surface area (Å²) in [6.07, 6.45) is 3.61. The van der Waals surface area contributed by atoms with Crippen molar-refractivity contribution in [3.8, 4) is 28.6 Å². The van der Waals surface area contributed by atoms with Crippen molar-refractivity contribution in [2.24, 2.45) is 0 Å². The molecule has 4 aromatic carbocycles. The summed E-state index contributed by atoms with van der Waals surface area (Å²) in [5.74, 6) is 0. The minimum atomic E-state index is 0.603. The summed E-state index contributed by atoms with van der Waals surface area (Å²) in [6, 6.07) is 41.7. The van der Waals surface area contributed by atoms with Crippen LogP contribution in [0.5, 0.6) is 0 Å². The molecule has 4 aromatic heterocycles. The molecule has 5 nitrogen and oxygen atoms in total. The van der Waals surface area contributed by atoms with Gasteiger partial charge >= 0.3 is 0 Å². The van der Waals surface area contributed by atoms with Gasteiger partial charge in [0, 0.05) is 39.8 Å². The van der Waals surface area contributed by atoms with E-state index in [0.717, 1.165) is 55.6 Å². The van der Waals surface area contributed by atoms with Gasteiger partial charge in [-0.3, -0.25) is 9.55 Å². The summed E-state index contributed by atoms with van der Waals surface area (Å²) in [5.41, 5.74) is 9.30. The Hall–Kier alpha value is -5.73. The van der Waals surface area contributed by atoms with Crippen LogP contribution in [0.4, 0.5) is 0 Å². The van der Waals surface area contributed by atoms with Crippen LogP contribution in [0, 0.1) is 11.3 Å². The summed E-state index contributed by atoms with van der Waals surface area (Å²) in [7, 11) is 0. The number of pyridine rings is 2. The minimum absolute atomic E-state index is 0.603. The molecule has 0 saturated carbocycles. The first-order chi connectivity index (χ1) is 19.8. The van der Waals surface area contributed by atoms with Crippen molar-refractivity contribution in [2.45, 2.75) is 0 Å². The van der Waals surface area contributed by atoms with E-state index in [0.29, 0.717) is 5.56 Å². The Bertz CT molecular complexity index is 2190. The fourth-order valence-electron chi connectivity index (χ4n) is 6.03. The van der Waals surface area contributed by atoms with Crippen LogP contribution in [0.3, 0.4) is 0 Å². The van der Waals surface area contributed by atoms with Crippen molar-refractivity contribution in [1.29, 1.82) is 5.26 Å². The van der Waals surface area contributed by atoms with Gasteiger partial charge in [0.05, 0.1) is 39.4 Å². The standard InChI is InChI=1S/C35H21N5/c36-22-24-10-6-17-31(40-32-18-8-19-37-34(32)28-14-7-20-38-35(28)40)33(24)23-9-5-11-25(21-23)39-29-15-3-1-12-26(29)27-13-2-4-16-30(27)39/h1-21H. The van der Waals surface area contributed by atoms with Crippen LogP contribution in [0.2, 0.25) is 0 Å². The predicted octanol–water partition coefficient (Wildman–Crippen LogP) is 8.21. The average molecular weight is 512 g/mol. The molecule has 5 heteroatoms. The van der Waals surface area contributed by atoms with Gasteiger partial charge in [-0.2, -0.15) is 5.26 Å². The number of benzene rings is 4. The summed E-state index contributed by atoms with van der Waals surface area (Å²) < 4.78 is 4.43. The molecule has 0 amide bonds. The molecule has 0 unspecified atom stereocenters. The number of rotatable bonds is 3. The third kappa shape index (κ3) is 3.14. The van der Waals surface area contributed by atoms with E-state index in [4.69, 9.17) is 4.98 Å². The molecule has 0 bridgehead atoms. The smallest absolute Gasteiger partial charge is 0.147 e. The van der Waals surface area contributed by atoms with Crippen molar-refractivity contribution in [3.63, 3.8) is 0 Å². The third-order valence-electron chi connectivity index (χ3n) is 7.66. The van der Waals surface area contributed by atoms with Gasteiger partial charge in [0.1, 0.15) is 5.65 Å². The van der Waals surface area contributed by atoms with E-state index in [1.165, 1.54) is 10.8 Å². The van der Waals surface area contributed by atoms with E-state index >= 15 is 0 Å². The van der Waals surface area contributed by atoms with E-state index in [1.54, 1.807) is 12.4 Å². The summed E-state index contributed by atoms with van der Waals surface area (Å²) in [5, 5.41) is 13.7. The number of hydrogen-bond acceptors (Lipinski definition) is 3. The lowest BCUT2D eigenvalue weighted by molar-refractivity contribution is 1.13. The Morgan fingerprint density at radius 1 is 0.575 bits per heavy atom. The lowest BCUT2D eigenvalue weighted by atomic mass is 9.97. The van der Waals surface area contributed by atoms with Crippen LogP contribution in [-0.4, -0.2) is 19.1 Å². The van der Waals surface area contributed by atoms with Gasteiger partial charge in [-0.25, -0.2) is 4.98 Å². The number of nitriles is 1. The highest BCUT2D eigenvalue weighted by Gasteiger charge is 2.20. The number of para-hydroxylation sites is 2. The van der Waals surface area contributed by atoms with E-state index in [9.17, 15) is 5.26 Å². The molecule has 0 fully saturated rings. The van der Waals surface area contributed by atoms with Gasteiger partial charge in [-0.05, 0) is 66.2 Å². The first kappa shape index (κ1) is 22.3. The number of nitrogens with zero attached hydrogens (tertiary/aromatic N) is 5. The second kappa shape index (κ2) is 8.65. The monoisotopic (exact) mass is 511 g/mol. The molecule has 0 aliphatic heterocycles. The van der Waals surface area contributed by atoms with Crippen LogP contribution in [0.15, 0.2) is 128 Å². The van der Waals surface area contributed by atoms with Crippen molar-refractivity contribution in [3.05, 3.63) is 133 Å². The number of hydrogen-bond donors (Lipinski definition) is 0. The second-order valence-electron chi connectivity index (χ2n) is 9.81. The molecule has 0 saturated heterocycles. The van der Waals surface area contributed by atoms with Gasteiger partial charge in [-0.15, -0.1) is 0 Å². The van der Waals surface area contributed by atoms with Crippen molar-refractivity contribution in [1.82, 2.24) is 19.1 Å². The average Bonchev–Trinajstić information content (AvgIpc) is 3.54. The molecule has 0 aliphatic carbocycles. The van der Waals surface area contributed by atoms with E-state index in [1.807, 2.05) is 30.3 Å². The molecular formula is C35H21N5. The van der Waals surface area contributed by atoms with E-state index in [-0.39, 0.29) is 0 Å². The Morgan fingerprint density at radius 3 is 2.05 bits per heavy atom. The first-order valence-electron chi connectivity index (χ1n) is 13.2. The lowest BCUT2D eigenvalue weighted by Crippen LogP contribution is -2.01. The van der Waals surface area contributed by atoms with Crippen LogP contribution in [0.1, 0.15) is 5.56 Å². The molecule has 0 spiro atoms. The highest BCUT2D eigenvalue weighted by molar-refractivity contribution is 6.09. The molecule has 4 heterocycles. The molecule has 0 atom stereocenters. The summed E-state index contributed by atoms with van der Waals surface area (Å²) in [6.45, 7) is 0. The van der Waals surface area contributed by atoms with E-state index < -0.39 is 0 Å². The molecule has 0 aliphatic rings. The highest BCUT2D eigenvalue weighted by Crippen LogP contribution is 2.38. The Morgan fingerprint density at radius 2 is 1.25 bits per heavy atom. The predicted molar refractivity (Wildman–Crippen MR) is 161 cm³/mol. The Kier molecular flexibility index (Phi) is 4.82. The highest BCUT2D eigenvalue weighted by atomic mass is 15.1. The minimum Gasteiger partial charge on any atom is -0.309 e. The zero-order chi connectivity index (χ0) is 26.6. The van der Waals surface area contributed by atoms with Gasteiger partial charge in [0.25, 0.3) is 0 Å². The largest absolute Gasteiger partial charge is 0.309 e. The third-order valence-corrected chi connectivity index (χ3v) is 7.66. The quantitative estimate of drug-likeness (QED) is 0.240. The molecule has 8 rings (SSSR count). The van der Waals surface area contributed by atoms with Gasteiger partial charge in [0.15, 0.2) is 0 Å². The summed E-state index contributed by atoms with van der Waals surface area (Å²) in [4.78, 5) is 9.42. The Labute approximate surface area is 229 Å². The first-order valence-corrected chi connectivity index (χ1v) is 13.2. The molecule has 0 N–H and O–H groups in total. The zero-order valence-electron chi connectivity index (χ0n) is 21.4.